The van der Waals surface area contributed by atoms with Crippen LogP contribution in [0.15, 0.2) is 10.9 Å². The lowest BCUT2D eigenvalue weighted by Crippen LogP contribution is -2.28. The molecule has 0 bridgehead atoms. The lowest BCUT2D eigenvalue weighted by Gasteiger charge is -2.10. The number of rotatable bonds is 4. The van der Waals surface area contributed by atoms with Crippen molar-refractivity contribution in [2.75, 3.05) is 11.9 Å². The van der Waals surface area contributed by atoms with E-state index in [1.807, 2.05) is 6.92 Å². The van der Waals surface area contributed by atoms with Crippen LogP contribution in [0, 0.1) is 6.92 Å². The molecule has 1 rings (SSSR count). The smallest absolute Gasteiger partial charge is 0.252 e. The van der Waals surface area contributed by atoms with Crippen LogP contribution in [0.4, 0.5) is 5.82 Å². The summed E-state index contributed by atoms with van der Waals surface area (Å²) in [4.78, 5) is 17.8. The van der Waals surface area contributed by atoms with Crippen molar-refractivity contribution >= 4 is 5.82 Å². The van der Waals surface area contributed by atoms with Crippen LogP contribution < -0.4 is 16.6 Å². The van der Waals surface area contributed by atoms with Gasteiger partial charge < -0.3 is 16.0 Å². The summed E-state index contributed by atoms with van der Waals surface area (Å²) in [5.74, 6) is 1.18. The highest BCUT2D eigenvalue weighted by molar-refractivity contribution is 5.32. The molecule has 0 saturated carbocycles. The van der Waals surface area contributed by atoms with Crippen molar-refractivity contribution < 1.29 is 0 Å². The van der Waals surface area contributed by atoms with E-state index in [1.54, 1.807) is 6.92 Å². The summed E-state index contributed by atoms with van der Waals surface area (Å²) >= 11 is 0. The van der Waals surface area contributed by atoms with Gasteiger partial charge in [0.1, 0.15) is 11.6 Å². The molecule has 1 aromatic heterocycles. The molecular weight excluding hydrogens is 180 g/mol. The molecule has 5 heteroatoms. The quantitative estimate of drug-likeness (QED) is 0.643. The summed E-state index contributed by atoms with van der Waals surface area (Å²) in [5.41, 5.74) is 5.57. The maximum absolute atomic E-state index is 11.1. The molecule has 1 aromatic rings. The van der Waals surface area contributed by atoms with Crippen LogP contribution in [-0.2, 0) is 0 Å². The van der Waals surface area contributed by atoms with Gasteiger partial charge in [-0.15, -0.1) is 0 Å². The third-order valence-corrected chi connectivity index (χ3v) is 1.93. The van der Waals surface area contributed by atoms with Crippen LogP contribution in [0.5, 0.6) is 0 Å². The molecule has 0 fully saturated rings. The fraction of sp³-hybridized carbons (Fsp3) is 0.556. The molecule has 78 valence electrons. The molecule has 0 spiro atoms. The average molecular weight is 196 g/mol. The largest absolute Gasteiger partial charge is 0.368 e. The minimum Gasteiger partial charge on any atom is -0.368 e. The Morgan fingerprint density at radius 2 is 2.43 bits per heavy atom. The van der Waals surface area contributed by atoms with E-state index in [-0.39, 0.29) is 11.6 Å². The number of hydrogen-bond acceptors (Lipinski definition) is 4. The summed E-state index contributed by atoms with van der Waals surface area (Å²) in [6.45, 7) is 4.39. The Morgan fingerprint density at radius 3 is 3.00 bits per heavy atom. The zero-order chi connectivity index (χ0) is 10.6. The standard InChI is InChI=1S/C9H16N4O/c1-3-7(10)5-11-8-4-9(14)13-6(2)12-8/h4,7H,3,5,10H2,1-2H3,(H2,11,12,13,14). The molecule has 0 aliphatic heterocycles. The first-order chi connectivity index (χ1) is 6.61. The summed E-state index contributed by atoms with van der Waals surface area (Å²) in [7, 11) is 0. The van der Waals surface area contributed by atoms with Gasteiger partial charge in [0.2, 0.25) is 0 Å². The van der Waals surface area contributed by atoms with Gasteiger partial charge in [-0.25, -0.2) is 4.98 Å². The van der Waals surface area contributed by atoms with Crippen molar-refractivity contribution in [1.82, 2.24) is 9.97 Å². The number of hydrogen-bond donors (Lipinski definition) is 3. The summed E-state index contributed by atoms with van der Waals surface area (Å²) in [6, 6.07) is 1.52. The van der Waals surface area contributed by atoms with Gasteiger partial charge in [-0.3, -0.25) is 4.79 Å². The van der Waals surface area contributed by atoms with Gasteiger partial charge in [-0.05, 0) is 13.3 Å². The predicted molar refractivity (Wildman–Crippen MR) is 56.4 cm³/mol. The monoisotopic (exact) mass is 196 g/mol. The highest BCUT2D eigenvalue weighted by Gasteiger charge is 2.00. The van der Waals surface area contributed by atoms with Crippen molar-refractivity contribution in [2.24, 2.45) is 5.73 Å². The molecular formula is C9H16N4O. The van der Waals surface area contributed by atoms with E-state index < -0.39 is 0 Å². The Kier molecular flexibility index (Phi) is 3.64. The van der Waals surface area contributed by atoms with E-state index in [2.05, 4.69) is 15.3 Å². The molecule has 0 saturated heterocycles. The van der Waals surface area contributed by atoms with Crippen LogP contribution >= 0.6 is 0 Å². The van der Waals surface area contributed by atoms with Gasteiger partial charge in [0.25, 0.3) is 5.56 Å². The Balaban J connectivity index is 2.63. The number of aryl methyl sites for hydroxylation is 1. The molecule has 0 radical (unpaired) electrons. The number of anilines is 1. The summed E-state index contributed by atoms with van der Waals surface area (Å²) in [5, 5.41) is 3.02. The topological polar surface area (TPSA) is 83.8 Å². The van der Waals surface area contributed by atoms with E-state index in [1.165, 1.54) is 6.07 Å². The third-order valence-electron chi connectivity index (χ3n) is 1.93. The Labute approximate surface area is 82.7 Å². The predicted octanol–water partition coefficient (Wildman–Crippen LogP) is 0.228. The van der Waals surface area contributed by atoms with Crippen LogP contribution in [0.2, 0.25) is 0 Å². The fourth-order valence-electron chi connectivity index (χ4n) is 1.05. The number of aromatic nitrogens is 2. The minimum absolute atomic E-state index is 0.0939. The fourth-order valence-corrected chi connectivity index (χ4v) is 1.05. The van der Waals surface area contributed by atoms with Gasteiger partial charge in [-0.2, -0.15) is 0 Å². The molecule has 14 heavy (non-hydrogen) atoms. The molecule has 5 nitrogen and oxygen atoms in total. The van der Waals surface area contributed by atoms with Crippen LogP contribution in [-0.4, -0.2) is 22.6 Å². The van der Waals surface area contributed by atoms with E-state index in [9.17, 15) is 4.79 Å². The van der Waals surface area contributed by atoms with Gasteiger partial charge in [0, 0.05) is 18.7 Å². The Morgan fingerprint density at radius 1 is 1.71 bits per heavy atom. The number of nitrogens with one attached hydrogen (secondary N) is 2. The lowest BCUT2D eigenvalue weighted by atomic mass is 10.2. The maximum atomic E-state index is 11.1. The highest BCUT2D eigenvalue weighted by Crippen LogP contribution is 1.98. The van der Waals surface area contributed by atoms with Crippen LogP contribution in [0.3, 0.4) is 0 Å². The van der Waals surface area contributed by atoms with Gasteiger partial charge in [0.15, 0.2) is 0 Å². The number of aromatic amines is 1. The maximum Gasteiger partial charge on any atom is 0.252 e. The second kappa shape index (κ2) is 4.76. The van der Waals surface area contributed by atoms with Crippen molar-refractivity contribution in [3.05, 3.63) is 22.2 Å². The van der Waals surface area contributed by atoms with Crippen molar-refractivity contribution in [3.8, 4) is 0 Å². The zero-order valence-corrected chi connectivity index (χ0v) is 8.50. The normalized spacial score (nSPS) is 12.5. The van der Waals surface area contributed by atoms with E-state index in [0.29, 0.717) is 18.2 Å². The first-order valence-corrected chi connectivity index (χ1v) is 4.69. The molecule has 1 heterocycles. The SMILES string of the molecule is CCC(N)CNc1cc(=O)[nH]c(C)n1. The van der Waals surface area contributed by atoms with Gasteiger partial charge in [-0.1, -0.05) is 6.92 Å². The molecule has 0 aliphatic carbocycles. The average Bonchev–Trinajstić information content (AvgIpc) is 2.12. The first-order valence-electron chi connectivity index (χ1n) is 4.69. The Hall–Kier alpha value is -1.36. The molecule has 0 aliphatic rings. The zero-order valence-electron chi connectivity index (χ0n) is 8.50. The molecule has 0 amide bonds. The van der Waals surface area contributed by atoms with Crippen molar-refractivity contribution in [2.45, 2.75) is 26.3 Å². The van der Waals surface area contributed by atoms with Crippen LogP contribution in [0.1, 0.15) is 19.2 Å². The van der Waals surface area contributed by atoms with E-state index in [4.69, 9.17) is 5.73 Å². The van der Waals surface area contributed by atoms with Crippen molar-refractivity contribution in [1.29, 1.82) is 0 Å². The molecule has 0 aromatic carbocycles. The van der Waals surface area contributed by atoms with Gasteiger partial charge >= 0.3 is 0 Å². The highest BCUT2D eigenvalue weighted by atomic mass is 16.1. The molecule has 4 N–H and O–H groups in total. The molecule has 1 atom stereocenters. The van der Waals surface area contributed by atoms with Crippen molar-refractivity contribution in [3.63, 3.8) is 0 Å². The lowest BCUT2D eigenvalue weighted by molar-refractivity contribution is 0.677. The van der Waals surface area contributed by atoms with E-state index in [0.717, 1.165) is 6.42 Å². The number of H-pyrrole nitrogens is 1. The summed E-state index contributed by atoms with van der Waals surface area (Å²) in [6.07, 6.45) is 0.898. The second-order valence-electron chi connectivity index (χ2n) is 3.27. The third kappa shape index (κ3) is 3.18. The summed E-state index contributed by atoms with van der Waals surface area (Å²) < 4.78 is 0. The number of nitrogens with zero attached hydrogens (tertiary/aromatic N) is 1. The van der Waals surface area contributed by atoms with Crippen LogP contribution in [0.25, 0.3) is 0 Å². The van der Waals surface area contributed by atoms with E-state index >= 15 is 0 Å². The first kappa shape index (κ1) is 10.7. The van der Waals surface area contributed by atoms with Gasteiger partial charge in [0.05, 0.1) is 0 Å². The second-order valence-corrected chi connectivity index (χ2v) is 3.27. The number of nitrogens with two attached hydrogens (primary N) is 1. The Bertz CT molecular complexity index is 347. The minimum atomic E-state index is -0.148. The molecule has 1 unspecified atom stereocenters.